The highest BCUT2D eigenvalue weighted by Crippen LogP contribution is 2.31. The summed E-state index contributed by atoms with van der Waals surface area (Å²) >= 11 is 0. The van der Waals surface area contributed by atoms with Crippen LogP contribution in [0.3, 0.4) is 0 Å². The van der Waals surface area contributed by atoms with Crippen LogP contribution in [0.5, 0.6) is 0 Å². The van der Waals surface area contributed by atoms with Crippen molar-refractivity contribution in [3.05, 3.63) is 12.7 Å². The van der Waals surface area contributed by atoms with Crippen LogP contribution in [0.2, 0.25) is 0 Å². The molecule has 1 saturated heterocycles. The molecule has 0 aromatic carbocycles. The Bertz CT molecular complexity index is 802. The maximum Gasteiger partial charge on any atom is 0.315 e. The van der Waals surface area contributed by atoms with Gasteiger partial charge in [-0.1, -0.05) is 46.1 Å². The van der Waals surface area contributed by atoms with Crippen LogP contribution in [0.15, 0.2) is 12.7 Å². The summed E-state index contributed by atoms with van der Waals surface area (Å²) in [6.45, 7) is 9.58. The second kappa shape index (κ2) is 12.0. The highest BCUT2D eigenvalue weighted by Gasteiger charge is 2.43. The lowest BCUT2D eigenvalue weighted by Crippen LogP contribution is -2.60. The molecule has 10 nitrogen and oxygen atoms in total. The molecule has 0 aromatic heterocycles. The Morgan fingerprint density at radius 1 is 1.06 bits per heavy atom. The topological polar surface area (TPSA) is 137 Å². The fourth-order valence-corrected chi connectivity index (χ4v) is 4.29. The van der Waals surface area contributed by atoms with Crippen LogP contribution in [0, 0.1) is 11.3 Å². The Balaban J connectivity index is 2.15. The maximum atomic E-state index is 13.4. The van der Waals surface area contributed by atoms with E-state index < -0.39 is 47.2 Å². The fourth-order valence-electron chi connectivity index (χ4n) is 4.29. The lowest BCUT2D eigenvalue weighted by atomic mass is 9.80. The van der Waals surface area contributed by atoms with Gasteiger partial charge in [-0.2, -0.15) is 0 Å². The number of Topliss-reactive ketones (excluding diaryl/α,β-unsaturated/α-hetero) is 1. The van der Waals surface area contributed by atoms with Crippen molar-refractivity contribution in [2.45, 2.75) is 77.4 Å². The van der Waals surface area contributed by atoms with Crippen molar-refractivity contribution in [2.24, 2.45) is 11.3 Å². The van der Waals surface area contributed by atoms with Crippen molar-refractivity contribution < 1.29 is 24.0 Å². The van der Waals surface area contributed by atoms with Crippen molar-refractivity contribution in [3.63, 3.8) is 0 Å². The molecule has 2 aliphatic rings. The summed E-state index contributed by atoms with van der Waals surface area (Å²) in [5.41, 5.74) is -0.584. The van der Waals surface area contributed by atoms with Crippen LogP contribution in [0.25, 0.3) is 0 Å². The Labute approximate surface area is 201 Å². The summed E-state index contributed by atoms with van der Waals surface area (Å²) < 4.78 is 0. The van der Waals surface area contributed by atoms with E-state index >= 15 is 0 Å². The van der Waals surface area contributed by atoms with Crippen molar-refractivity contribution in [2.75, 3.05) is 20.1 Å². The summed E-state index contributed by atoms with van der Waals surface area (Å²) in [6.07, 6.45) is 5.93. The number of hydrogen-bond acceptors (Lipinski definition) is 5. The van der Waals surface area contributed by atoms with Gasteiger partial charge in [0.2, 0.25) is 17.6 Å². The SMILES string of the molecule is C=CCNC(=O)C(=O)C(CC1CCC1)NC(=O)C1CCCN1C(=O)C(NC(=O)NC)C(C)(C)C. The number of carbonyl (C=O) groups is 5. The molecule has 1 saturated carbocycles. The number of nitrogens with one attached hydrogen (secondary N) is 4. The van der Waals surface area contributed by atoms with Crippen LogP contribution in [0.1, 0.15) is 59.3 Å². The molecule has 1 aliphatic carbocycles. The minimum absolute atomic E-state index is 0.159. The van der Waals surface area contributed by atoms with Gasteiger partial charge >= 0.3 is 6.03 Å². The van der Waals surface area contributed by atoms with Crippen molar-refractivity contribution in [1.82, 2.24) is 26.2 Å². The van der Waals surface area contributed by atoms with Crippen molar-refractivity contribution in [3.8, 4) is 0 Å². The van der Waals surface area contributed by atoms with E-state index in [9.17, 15) is 24.0 Å². The van der Waals surface area contributed by atoms with E-state index in [4.69, 9.17) is 0 Å². The number of likely N-dealkylation sites (tertiary alicyclic amines) is 1. The number of rotatable bonds is 10. The third-order valence-electron chi connectivity index (χ3n) is 6.51. The van der Waals surface area contributed by atoms with E-state index in [1.54, 1.807) is 0 Å². The zero-order valence-corrected chi connectivity index (χ0v) is 20.7. The lowest BCUT2D eigenvalue weighted by Gasteiger charge is -2.36. The molecule has 190 valence electrons. The molecular weight excluding hydrogens is 438 g/mol. The second-order valence-corrected chi connectivity index (χ2v) is 10.2. The van der Waals surface area contributed by atoms with E-state index in [0.29, 0.717) is 25.8 Å². The Hall–Kier alpha value is -2.91. The minimum Gasteiger partial charge on any atom is -0.346 e. The number of nitrogens with zero attached hydrogens (tertiary/aromatic N) is 1. The van der Waals surface area contributed by atoms with E-state index in [-0.39, 0.29) is 18.4 Å². The highest BCUT2D eigenvalue weighted by molar-refractivity contribution is 6.38. The van der Waals surface area contributed by atoms with Gasteiger partial charge in [0.25, 0.3) is 5.91 Å². The molecule has 1 heterocycles. The van der Waals surface area contributed by atoms with Crippen molar-refractivity contribution in [1.29, 1.82) is 0 Å². The normalized spacial score (nSPS) is 19.9. The molecule has 34 heavy (non-hydrogen) atoms. The molecule has 3 atom stereocenters. The number of hydrogen-bond donors (Lipinski definition) is 4. The Morgan fingerprint density at radius 3 is 2.26 bits per heavy atom. The fraction of sp³-hybridized carbons (Fsp3) is 0.708. The molecule has 10 heteroatoms. The van der Waals surface area contributed by atoms with E-state index in [1.165, 1.54) is 18.0 Å². The van der Waals surface area contributed by atoms with Crippen LogP contribution in [0.4, 0.5) is 4.79 Å². The van der Waals surface area contributed by atoms with E-state index in [2.05, 4.69) is 27.8 Å². The summed E-state index contributed by atoms with van der Waals surface area (Å²) in [4.78, 5) is 65.1. The summed E-state index contributed by atoms with van der Waals surface area (Å²) in [7, 11) is 1.47. The zero-order chi connectivity index (χ0) is 25.5. The predicted octanol–water partition coefficient (Wildman–Crippen LogP) is 0.867. The molecule has 2 fully saturated rings. The first-order valence-electron chi connectivity index (χ1n) is 12.0. The second-order valence-electron chi connectivity index (χ2n) is 10.2. The minimum atomic E-state index is -0.942. The maximum absolute atomic E-state index is 13.4. The molecule has 0 bridgehead atoms. The van der Waals surface area contributed by atoms with Crippen molar-refractivity contribution >= 4 is 29.5 Å². The molecule has 0 spiro atoms. The number of urea groups is 1. The van der Waals surface area contributed by atoms with Crippen LogP contribution in [-0.2, 0) is 19.2 Å². The quantitative estimate of drug-likeness (QED) is 0.273. The average molecular weight is 478 g/mol. The highest BCUT2D eigenvalue weighted by atomic mass is 16.2. The molecule has 3 unspecified atom stereocenters. The van der Waals surface area contributed by atoms with Gasteiger partial charge in [-0.05, 0) is 30.6 Å². The van der Waals surface area contributed by atoms with Gasteiger partial charge in [-0.25, -0.2) is 4.79 Å². The zero-order valence-electron chi connectivity index (χ0n) is 20.7. The van der Waals surface area contributed by atoms with Gasteiger partial charge in [-0.15, -0.1) is 6.58 Å². The van der Waals surface area contributed by atoms with Gasteiger partial charge in [0.1, 0.15) is 12.1 Å². The molecule has 0 aromatic rings. The van der Waals surface area contributed by atoms with Gasteiger partial charge in [-0.3, -0.25) is 19.2 Å². The molecule has 0 radical (unpaired) electrons. The third kappa shape index (κ3) is 7.04. The van der Waals surface area contributed by atoms with Gasteiger partial charge in [0.15, 0.2) is 0 Å². The molecule has 2 rings (SSSR count). The largest absolute Gasteiger partial charge is 0.346 e. The first-order chi connectivity index (χ1) is 16.0. The van der Waals surface area contributed by atoms with Gasteiger partial charge in [0, 0.05) is 20.1 Å². The number of ketones is 1. The monoisotopic (exact) mass is 477 g/mol. The standard InChI is InChI=1S/C24H39N5O5/c1-6-12-26-21(32)18(30)16(14-15-9-7-10-15)27-20(31)17-11-8-13-29(17)22(33)19(24(2,3)4)28-23(34)25-5/h6,15-17,19H,1,7-14H2,2-5H3,(H,26,32)(H,27,31)(H2,25,28,34). The Morgan fingerprint density at radius 2 is 1.74 bits per heavy atom. The van der Waals surface area contributed by atoms with E-state index in [0.717, 1.165) is 19.3 Å². The molecule has 4 N–H and O–H groups in total. The lowest BCUT2D eigenvalue weighted by molar-refractivity contribution is -0.144. The summed E-state index contributed by atoms with van der Waals surface area (Å²) in [5, 5.41) is 10.4. The number of amides is 5. The Kier molecular flexibility index (Phi) is 9.64. The van der Waals surface area contributed by atoms with Crippen LogP contribution in [-0.4, -0.2) is 72.7 Å². The number of carbonyl (C=O) groups excluding carboxylic acids is 5. The molecular formula is C24H39N5O5. The van der Waals surface area contributed by atoms with Gasteiger partial charge in [0.05, 0.1) is 6.04 Å². The smallest absolute Gasteiger partial charge is 0.315 e. The van der Waals surface area contributed by atoms with Crippen LogP contribution < -0.4 is 21.3 Å². The predicted molar refractivity (Wildman–Crippen MR) is 128 cm³/mol. The first kappa shape index (κ1) is 27.3. The van der Waals surface area contributed by atoms with Gasteiger partial charge < -0.3 is 26.2 Å². The molecule has 1 aliphatic heterocycles. The summed E-state index contributed by atoms with van der Waals surface area (Å²) in [6, 6.07) is -3.03. The van der Waals surface area contributed by atoms with E-state index in [1.807, 2.05) is 20.8 Å². The average Bonchev–Trinajstić information content (AvgIpc) is 3.25. The third-order valence-corrected chi connectivity index (χ3v) is 6.51. The summed E-state index contributed by atoms with van der Waals surface area (Å²) in [5.74, 6) is -1.96. The molecule has 5 amide bonds. The van der Waals surface area contributed by atoms with Crippen LogP contribution >= 0.6 is 0 Å². The first-order valence-corrected chi connectivity index (χ1v) is 12.0.